The molecular weight excluding hydrogens is 430 g/mol. The zero-order valence-corrected chi connectivity index (χ0v) is 18.1. The van der Waals surface area contributed by atoms with Crippen LogP contribution in [0.5, 0.6) is 0 Å². The summed E-state index contributed by atoms with van der Waals surface area (Å²) < 4.78 is 31.6. The Balaban J connectivity index is 1.20. The maximum Gasteiger partial charge on any atom is 0.324 e. The summed E-state index contributed by atoms with van der Waals surface area (Å²) in [6, 6.07) is -0.0333. The van der Waals surface area contributed by atoms with Crippen LogP contribution in [0.15, 0.2) is 4.52 Å². The summed E-state index contributed by atoms with van der Waals surface area (Å²) in [6.07, 6.45) is -0.330. The van der Waals surface area contributed by atoms with Crippen molar-refractivity contribution in [3.63, 3.8) is 0 Å². The summed E-state index contributed by atoms with van der Waals surface area (Å²) in [7, 11) is 0. The molecule has 12 heteroatoms. The second-order valence-electron chi connectivity index (χ2n) is 9.55. The maximum atomic E-state index is 13.1. The third-order valence-electron chi connectivity index (χ3n) is 6.33. The summed E-state index contributed by atoms with van der Waals surface area (Å²) in [5.41, 5.74) is -1.25. The number of alkyl halides is 2. The van der Waals surface area contributed by atoms with E-state index in [2.05, 4.69) is 25.8 Å². The van der Waals surface area contributed by atoms with Crippen LogP contribution in [0, 0.1) is 5.41 Å². The number of nitrogens with one attached hydrogen (secondary N) is 2. The zero-order chi connectivity index (χ0) is 22.0. The SMILES string of the molecule is CC(C)(O)CNC(=O)Nc1nc2c(s1)CN(c1nc(C34CC(C(F)F)(C3)C4)no1)CC2. The Hall–Kier alpha value is -2.34. The number of carbonyl (C=O) groups is 1. The number of anilines is 2. The molecule has 0 unspecified atom stereocenters. The fraction of sp³-hybridized carbons (Fsp3) is 0.684. The van der Waals surface area contributed by atoms with Crippen LogP contribution >= 0.6 is 11.3 Å². The number of hydrogen-bond donors (Lipinski definition) is 3. The molecule has 6 rings (SSSR count). The molecular formula is C19H24F2N6O3S. The normalized spacial score (nSPS) is 26.8. The lowest BCUT2D eigenvalue weighted by Gasteiger charge is -2.68. The van der Waals surface area contributed by atoms with Gasteiger partial charge in [0.2, 0.25) is 6.43 Å². The van der Waals surface area contributed by atoms with E-state index in [9.17, 15) is 18.7 Å². The average molecular weight is 455 g/mol. The number of nitrogens with zero attached hydrogens (tertiary/aromatic N) is 4. The standard InChI is InChI=1S/C19H24F2N6O3S/c1-17(2,29)9-22-14(28)25-15-23-10-3-4-27(5-11(10)31-15)16-24-13(26-30-16)19-6-18(7-19,8-19)12(20)21/h12,29H,3-9H2,1-2H3,(H2,22,23,25,28). The molecule has 4 aliphatic rings. The van der Waals surface area contributed by atoms with Gasteiger partial charge in [0.25, 0.3) is 0 Å². The van der Waals surface area contributed by atoms with Crippen LogP contribution in [0.1, 0.15) is 49.5 Å². The number of aromatic nitrogens is 3. The minimum absolute atomic E-state index is 0.122. The first-order valence-corrected chi connectivity index (χ1v) is 11.0. The molecule has 3 N–H and O–H groups in total. The second kappa shape index (κ2) is 6.83. The van der Waals surface area contributed by atoms with Gasteiger partial charge in [0, 0.05) is 35.2 Å². The molecule has 0 aromatic carbocycles. The monoisotopic (exact) mass is 454 g/mol. The first kappa shape index (κ1) is 20.6. The van der Waals surface area contributed by atoms with Gasteiger partial charge >= 0.3 is 12.0 Å². The van der Waals surface area contributed by atoms with Crippen molar-refractivity contribution >= 4 is 28.5 Å². The molecule has 3 aliphatic carbocycles. The third kappa shape index (κ3) is 3.55. The van der Waals surface area contributed by atoms with Crippen molar-refractivity contribution in [3.05, 3.63) is 16.4 Å². The first-order chi connectivity index (χ1) is 14.6. The molecule has 2 bridgehead atoms. The van der Waals surface area contributed by atoms with Crippen molar-refractivity contribution in [3.8, 4) is 0 Å². The molecule has 168 valence electrons. The molecule has 9 nitrogen and oxygen atoms in total. The highest BCUT2D eigenvalue weighted by molar-refractivity contribution is 7.15. The first-order valence-electron chi connectivity index (χ1n) is 10.2. The summed E-state index contributed by atoms with van der Waals surface area (Å²) in [5, 5.41) is 19.6. The maximum absolute atomic E-state index is 13.1. The molecule has 2 aromatic rings. The van der Waals surface area contributed by atoms with Crippen molar-refractivity contribution in [1.29, 1.82) is 0 Å². The minimum atomic E-state index is -2.28. The van der Waals surface area contributed by atoms with Crippen LogP contribution < -0.4 is 15.5 Å². The number of fused-ring (bicyclic) bond motifs is 1. The number of amides is 2. The van der Waals surface area contributed by atoms with E-state index in [1.54, 1.807) is 13.8 Å². The molecule has 0 saturated heterocycles. The molecule has 3 fully saturated rings. The number of urea groups is 1. The largest absolute Gasteiger partial charge is 0.389 e. The van der Waals surface area contributed by atoms with Gasteiger partial charge in [-0.1, -0.05) is 16.5 Å². The van der Waals surface area contributed by atoms with Gasteiger partial charge in [0.15, 0.2) is 11.0 Å². The minimum Gasteiger partial charge on any atom is -0.389 e. The fourth-order valence-electron chi connectivity index (χ4n) is 4.74. The quantitative estimate of drug-likeness (QED) is 0.614. The summed E-state index contributed by atoms with van der Waals surface area (Å²) in [6.45, 7) is 4.50. The third-order valence-corrected chi connectivity index (χ3v) is 7.33. The van der Waals surface area contributed by atoms with Gasteiger partial charge in [-0.05, 0) is 33.1 Å². The van der Waals surface area contributed by atoms with E-state index in [0.29, 0.717) is 55.7 Å². The van der Waals surface area contributed by atoms with Crippen LogP contribution in [0.25, 0.3) is 0 Å². The van der Waals surface area contributed by atoms with Gasteiger partial charge in [0.05, 0.1) is 17.8 Å². The van der Waals surface area contributed by atoms with E-state index in [1.807, 2.05) is 4.90 Å². The van der Waals surface area contributed by atoms with Crippen molar-refractivity contribution in [2.24, 2.45) is 5.41 Å². The Morgan fingerprint density at radius 2 is 2.10 bits per heavy atom. The van der Waals surface area contributed by atoms with Crippen LogP contribution in [0.2, 0.25) is 0 Å². The van der Waals surface area contributed by atoms with E-state index in [-0.39, 0.29) is 12.0 Å². The van der Waals surface area contributed by atoms with E-state index >= 15 is 0 Å². The highest BCUT2D eigenvalue weighted by Gasteiger charge is 2.74. The van der Waals surface area contributed by atoms with Gasteiger partial charge in [-0.2, -0.15) is 4.98 Å². The lowest BCUT2D eigenvalue weighted by Crippen LogP contribution is -2.68. The molecule has 0 spiro atoms. The predicted octanol–water partition coefficient (Wildman–Crippen LogP) is 2.67. The van der Waals surface area contributed by atoms with Crippen molar-refractivity contribution in [1.82, 2.24) is 20.4 Å². The Kier molecular flexibility index (Phi) is 4.53. The van der Waals surface area contributed by atoms with E-state index in [1.165, 1.54) is 11.3 Å². The van der Waals surface area contributed by atoms with Gasteiger partial charge in [-0.3, -0.25) is 5.32 Å². The Morgan fingerprint density at radius 3 is 2.77 bits per heavy atom. The number of carbonyl (C=O) groups excluding carboxylic acids is 1. The molecule has 0 radical (unpaired) electrons. The highest BCUT2D eigenvalue weighted by Crippen LogP contribution is 2.75. The fourth-order valence-corrected chi connectivity index (χ4v) is 5.76. The van der Waals surface area contributed by atoms with Crippen molar-refractivity contribution in [2.75, 3.05) is 23.3 Å². The van der Waals surface area contributed by atoms with E-state index in [4.69, 9.17) is 4.52 Å². The lowest BCUT2D eigenvalue weighted by molar-refractivity contribution is -0.225. The van der Waals surface area contributed by atoms with Gasteiger partial charge in [-0.25, -0.2) is 18.6 Å². The smallest absolute Gasteiger partial charge is 0.324 e. The summed E-state index contributed by atoms with van der Waals surface area (Å²) >= 11 is 1.37. The number of halogens is 2. The van der Waals surface area contributed by atoms with Crippen LogP contribution in [-0.2, 0) is 18.4 Å². The van der Waals surface area contributed by atoms with Gasteiger partial charge < -0.3 is 19.8 Å². The van der Waals surface area contributed by atoms with Gasteiger partial charge in [0.1, 0.15) is 0 Å². The van der Waals surface area contributed by atoms with Gasteiger partial charge in [-0.15, -0.1) is 0 Å². The average Bonchev–Trinajstić information content (AvgIpc) is 3.22. The summed E-state index contributed by atoms with van der Waals surface area (Å²) in [4.78, 5) is 23.9. The van der Waals surface area contributed by atoms with Crippen molar-refractivity contribution < 1.29 is 23.2 Å². The van der Waals surface area contributed by atoms with Crippen molar-refractivity contribution in [2.45, 2.75) is 63.5 Å². The van der Waals surface area contributed by atoms with E-state index < -0.39 is 23.5 Å². The summed E-state index contributed by atoms with van der Waals surface area (Å²) in [5.74, 6) is 0.533. The number of aliphatic hydroxyl groups is 1. The Bertz CT molecular complexity index is 997. The molecule has 0 atom stereocenters. The number of rotatable bonds is 6. The highest BCUT2D eigenvalue weighted by atomic mass is 32.1. The second-order valence-corrected chi connectivity index (χ2v) is 10.6. The zero-order valence-electron chi connectivity index (χ0n) is 17.2. The predicted molar refractivity (Wildman–Crippen MR) is 108 cm³/mol. The molecule has 1 aliphatic heterocycles. The molecule has 3 saturated carbocycles. The number of hydrogen-bond acceptors (Lipinski definition) is 8. The van der Waals surface area contributed by atoms with Crippen LogP contribution in [0.3, 0.4) is 0 Å². The molecule has 2 amide bonds. The van der Waals surface area contributed by atoms with Crippen LogP contribution in [-0.4, -0.2) is 51.4 Å². The number of thiazole rings is 1. The Morgan fingerprint density at radius 1 is 1.35 bits per heavy atom. The lowest BCUT2D eigenvalue weighted by atomic mass is 9.35. The van der Waals surface area contributed by atoms with Crippen LogP contribution in [0.4, 0.5) is 24.7 Å². The molecule has 2 aromatic heterocycles. The molecule has 31 heavy (non-hydrogen) atoms. The molecule has 3 heterocycles. The van der Waals surface area contributed by atoms with E-state index in [0.717, 1.165) is 10.6 Å². The Labute approximate surface area is 181 Å². The topological polar surface area (TPSA) is 116 Å².